The second kappa shape index (κ2) is 8.41. The molecule has 3 rings (SSSR count). The summed E-state index contributed by atoms with van der Waals surface area (Å²) in [7, 11) is 3.35. The van der Waals surface area contributed by atoms with Gasteiger partial charge >= 0.3 is 0 Å². The van der Waals surface area contributed by atoms with Gasteiger partial charge in [0.05, 0.1) is 20.3 Å². The number of methoxy groups -OCH3 is 2. The van der Waals surface area contributed by atoms with E-state index in [9.17, 15) is 0 Å². The topological polar surface area (TPSA) is 33.7 Å². The van der Waals surface area contributed by atoms with Gasteiger partial charge in [0.1, 0.15) is 0 Å². The predicted molar refractivity (Wildman–Crippen MR) is 109 cm³/mol. The van der Waals surface area contributed by atoms with Gasteiger partial charge in [-0.15, -0.1) is 0 Å². The highest BCUT2D eigenvalue weighted by atomic mass is 32.1. The van der Waals surface area contributed by atoms with Gasteiger partial charge in [0.2, 0.25) is 0 Å². The zero-order valence-electron chi connectivity index (χ0n) is 15.6. The lowest BCUT2D eigenvalue weighted by Crippen LogP contribution is -2.45. The Morgan fingerprint density at radius 3 is 2.54 bits per heavy atom. The van der Waals surface area contributed by atoms with E-state index in [1.807, 2.05) is 6.07 Å². The summed E-state index contributed by atoms with van der Waals surface area (Å²) >= 11 is 5.66. The second-order valence-electron chi connectivity index (χ2n) is 6.49. The maximum Gasteiger partial charge on any atom is 0.169 e. The fraction of sp³-hybridized carbons (Fsp3) is 0.381. The second-order valence-corrected chi connectivity index (χ2v) is 6.88. The van der Waals surface area contributed by atoms with Crippen LogP contribution in [0.4, 0.5) is 0 Å². The Kier molecular flexibility index (Phi) is 5.99. The highest BCUT2D eigenvalue weighted by molar-refractivity contribution is 7.80. The van der Waals surface area contributed by atoms with Crippen LogP contribution in [0.3, 0.4) is 0 Å². The van der Waals surface area contributed by atoms with Crippen LogP contribution in [0.25, 0.3) is 0 Å². The smallest absolute Gasteiger partial charge is 0.169 e. The normalized spacial score (nSPS) is 16.0. The average Bonchev–Trinajstić information content (AvgIpc) is 2.68. The van der Waals surface area contributed by atoms with Crippen molar-refractivity contribution in [2.45, 2.75) is 25.8 Å². The molecule has 1 aliphatic rings. The molecule has 26 heavy (non-hydrogen) atoms. The Morgan fingerprint density at radius 2 is 1.85 bits per heavy atom. The van der Waals surface area contributed by atoms with Crippen LogP contribution in [0.15, 0.2) is 42.5 Å². The molecule has 2 aromatic rings. The molecule has 0 saturated heterocycles. The quantitative estimate of drug-likeness (QED) is 0.811. The SMILES string of the molecule is COc1cc2c(cc1OC)[C@@H](C)N(C(=S)NCCc1ccccc1)CC2. The summed E-state index contributed by atoms with van der Waals surface area (Å²) in [4.78, 5) is 2.26. The summed E-state index contributed by atoms with van der Waals surface area (Å²) in [5.74, 6) is 1.55. The van der Waals surface area contributed by atoms with E-state index in [0.29, 0.717) is 0 Å². The lowest BCUT2D eigenvalue weighted by molar-refractivity contribution is 0.308. The Labute approximate surface area is 161 Å². The summed E-state index contributed by atoms with van der Waals surface area (Å²) in [6.07, 6.45) is 1.91. The Bertz CT molecular complexity index is 764. The fourth-order valence-electron chi connectivity index (χ4n) is 3.48. The summed E-state index contributed by atoms with van der Waals surface area (Å²) in [6, 6.07) is 14.8. The minimum Gasteiger partial charge on any atom is -0.493 e. The summed E-state index contributed by atoms with van der Waals surface area (Å²) in [5.41, 5.74) is 3.87. The highest BCUT2D eigenvalue weighted by Crippen LogP contribution is 2.37. The van der Waals surface area contributed by atoms with Crippen LogP contribution in [0.2, 0.25) is 0 Å². The molecule has 4 nitrogen and oxygen atoms in total. The summed E-state index contributed by atoms with van der Waals surface area (Å²) in [5, 5.41) is 4.23. The fourth-order valence-corrected chi connectivity index (χ4v) is 3.83. The number of hydrogen-bond acceptors (Lipinski definition) is 3. The van der Waals surface area contributed by atoms with Gasteiger partial charge in [0.15, 0.2) is 16.6 Å². The first-order valence-electron chi connectivity index (χ1n) is 8.97. The molecule has 0 aliphatic carbocycles. The third-order valence-electron chi connectivity index (χ3n) is 4.98. The zero-order chi connectivity index (χ0) is 18.5. The molecule has 0 radical (unpaired) electrons. The minimum absolute atomic E-state index is 0.204. The van der Waals surface area contributed by atoms with Crippen molar-refractivity contribution in [1.29, 1.82) is 0 Å². The molecule has 0 unspecified atom stereocenters. The van der Waals surface area contributed by atoms with Crippen LogP contribution >= 0.6 is 12.2 Å². The number of rotatable bonds is 5. The Hall–Kier alpha value is -2.27. The Morgan fingerprint density at radius 1 is 1.15 bits per heavy atom. The monoisotopic (exact) mass is 370 g/mol. The van der Waals surface area contributed by atoms with E-state index in [4.69, 9.17) is 21.7 Å². The van der Waals surface area contributed by atoms with E-state index in [2.05, 4.69) is 53.5 Å². The van der Waals surface area contributed by atoms with Gasteiger partial charge in [-0.2, -0.15) is 0 Å². The van der Waals surface area contributed by atoms with Gasteiger partial charge < -0.3 is 19.7 Å². The van der Waals surface area contributed by atoms with Gasteiger partial charge in [-0.3, -0.25) is 0 Å². The number of benzene rings is 2. The van der Waals surface area contributed by atoms with Crippen molar-refractivity contribution in [3.8, 4) is 11.5 Å². The predicted octanol–water partition coefficient (Wildman–Crippen LogP) is 3.74. The molecule has 2 aromatic carbocycles. The van der Waals surface area contributed by atoms with Crippen LogP contribution < -0.4 is 14.8 Å². The highest BCUT2D eigenvalue weighted by Gasteiger charge is 2.27. The first-order chi connectivity index (χ1) is 12.6. The molecule has 0 spiro atoms. The molecule has 1 heterocycles. The molecule has 0 aromatic heterocycles. The molecule has 5 heteroatoms. The van der Waals surface area contributed by atoms with E-state index in [-0.39, 0.29) is 6.04 Å². The molecule has 1 aliphatic heterocycles. The minimum atomic E-state index is 0.204. The molecule has 0 amide bonds. The molecule has 0 fully saturated rings. The number of hydrogen-bond donors (Lipinski definition) is 1. The van der Waals surface area contributed by atoms with Crippen LogP contribution in [-0.4, -0.2) is 37.3 Å². The molecule has 0 bridgehead atoms. The summed E-state index contributed by atoms with van der Waals surface area (Å²) < 4.78 is 10.9. The van der Waals surface area contributed by atoms with Crippen molar-refractivity contribution < 1.29 is 9.47 Å². The van der Waals surface area contributed by atoms with E-state index in [0.717, 1.165) is 42.5 Å². The van der Waals surface area contributed by atoms with Gasteiger partial charge in [-0.25, -0.2) is 0 Å². The van der Waals surface area contributed by atoms with E-state index in [1.54, 1.807) is 14.2 Å². The van der Waals surface area contributed by atoms with Gasteiger partial charge in [-0.1, -0.05) is 30.3 Å². The lowest BCUT2D eigenvalue weighted by atomic mass is 9.93. The van der Waals surface area contributed by atoms with E-state index in [1.165, 1.54) is 16.7 Å². The molecule has 1 N–H and O–H groups in total. The van der Waals surface area contributed by atoms with Crippen LogP contribution in [0.1, 0.15) is 29.7 Å². The third-order valence-corrected chi connectivity index (χ3v) is 5.36. The first kappa shape index (κ1) is 18.5. The van der Waals surface area contributed by atoms with Crippen LogP contribution in [0, 0.1) is 0 Å². The van der Waals surface area contributed by atoms with Crippen molar-refractivity contribution in [1.82, 2.24) is 10.2 Å². The number of nitrogens with one attached hydrogen (secondary N) is 1. The zero-order valence-corrected chi connectivity index (χ0v) is 16.4. The molecule has 138 valence electrons. The largest absolute Gasteiger partial charge is 0.493 e. The molecule has 1 atom stereocenters. The average molecular weight is 371 g/mol. The lowest BCUT2D eigenvalue weighted by Gasteiger charge is -2.37. The van der Waals surface area contributed by atoms with Crippen molar-refractivity contribution >= 4 is 17.3 Å². The first-order valence-corrected chi connectivity index (χ1v) is 9.38. The Balaban J connectivity index is 1.66. The van der Waals surface area contributed by atoms with Crippen molar-refractivity contribution in [2.24, 2.45) is 0 Å². The van der Waals surface area contributed by atoms with Crippen molar-refractivity contribution in [3.05, 3.63) is 59.2 Å². The standard InChI is InChI=1S/C21H26N2O2S/c1-15-18-14-20(25-3)19(24-2)13-17(18)10-12-23(15)21(26)22-11-9-16-7-5-4-6-8-16/h4-8,13-15H,9-12H2,1-3H3,(H,22,26)/t15-/m1/s1. The summed E-state index contributed by atoms with van der Waals surface area (Å²) in [6.45, 7) is 3.93. The number of nitrogens with zero attached hydrogens (tertiary/aromatic N) is 1. The van der Waals surface area contributed by atoms with Crippen molar-refractivity contribution in [3.63, 3.8) is 0 Å². The van der Waals surface area contributed by atoms with Crippen LogP contribution in [0.5, 0.6) is 11.5 Å². The van der Waals surface area contributed by atoms with Crippen molar-refractivity contribution in [2.75, 3.05) is 27.3 Å². The van der Waals surface area contributed by atoms with Gasteiger partial charge in [-0.05, 0) is 60.8 Å². The van der Waals surface area contributed by atoms with Gasteiger partial charge in [0, 0.05) is 13.1 Å². The maximum absolute atomic E-state index is 5.66. The van der Waals surface area contributed by atoms with E-state index < -0.39 is 0 Å². The van der Waals surface area contributed by atoms with E-state index >= 15 is 0 Å². The van der Waals surface area contributed by atoms with Crippen LogP contribution in [-0.2, 0) is 12.8 Å². The number of ether oxygens (including phenoxy) is 2. The number of fused-ring (bicyclic) bond motifs is 1. The maximum atomic E-state index is 5.66. The van der Waals surface area contributed by atoms with Gasteiger partial charge in [0.25, 0.3) is 0 Å². The molecular weight excluding hydrogens is 344 g/mol. The third kappa shape index (κ3) is 3.93. The number of thiocarbonyl (C=S) groups is 1. The molecule has 0 saturated carbocycles. The molecular formula is C21H26N2O2S.